The molecule has 19 heteroatoms. The van der Waals surface area contributed by atoms with E-state index in [1.165, 1.54) is 11.3 Å². The molecule has 0 unspecified atom stereocenters. The molecule has 2 aromatic rings. The Kier molecular flexibility index (Phi) is 32.5. The molecule has 2 heterocycles. The summed E-state index contributed by atoms with van der Waals surface area (Å²) >= 11 is 1.33. The molecule has 4 N–H and O–H groups in total. The van der Waals surface area contributed by atoms with Crippen molar-refractivity contribution >= 4 is 46.7 Å². The van der Waals surface area contributed by atoms with Gasteiger partial charge in [0.05, 0.1) is 52.2 Å². The third kappa shape index (κ3) is 25.1. The van der Waals surface area contributed by atoms with Gasteiger partial charge >= 0.3 is 6.09 Å². The van der Waals surface area contributed by atoms with Gasteiger partial charge in [-0.1, -0.05) is 73.4 Å². The van der Waals surface area contributed by atoms with E-state index in [1.54, 1.807) is 36.6 Å². The number of unbranched alkanes of at least 4 members (excludes halogenated alkanes) is 1. The molecular formula is C58H92N6O12S. The summed E-state index contributed by atoms with van der Waals surface area (Å²) in [4.78, 5) is 89.3. The van der Waals surface area contributed by atoms with Gasteiger partial charge in [0.2, 0.25) is 11.8 Å². The SMILES string of the molecule is C#CCCCC(=O)NCCOCCOCCOCCOC(=O)NCC(=O)[C@@H](C)C[C@H](Cc1ccc(O)cc1)NC(=O)c1csc([C@@H](C[C@H](C(C)C)N(CCC)C(=O)[C@@H](CC(=O)[C@H]2CCCCN2C)[C@@H](C)CC)OCCC)n1. The highest BCUT2D eigenvalue weighted by Crippen LogP contribution is 2.34. The Morgan fingerprint density at radius 2 is 1.58 bits per heavy atom. The molecule has 1 aliphatic heterocycles. The zero-order valence-electron chi connectivity index (χ0n) is 47.4. The average Bonchev–Trinajstić information content (AvgIpc) is 3.92. The Labute approximate surface area is 463 Å². The minimum atomic E-state index is -0.768. The number of alkyl carbamates (subject to hydrolysis) is 1. The number of aromatic nitrogens is 1. The van der Waals surface area contributed by atoms with E-state index in [-0.39, 0.29) is 98.0 Å². The number of rotatable bonds is 40. The molecule has 0 radical (unpaired) electrons. The number of thiazole rings is 1. The molecule has 1 saturated heterocycles. The molecule has 0 saturated carbocycles. The van der Waals surface area contributed by atoms with Crippen LogP contribution in [0.15, 0.2) is 29.6 Å². The van der Waals surface area contributed by atoms with Crippen LogP contribution in [0.4, 0.5) is 4.79 Å². The van der Waals surface area contributed by atoms with E-state index in [0.717, 1.165) is 50.6 Å². The first kappa shape index (κ1) is 66.3. The fourth-order valence-corrected chi connectivity index (χ4v) is 10.2. The Morgan fingerprint density at radius 1 is 0.896 bits per heavy atom. The second-order valence-corrected chi connectivity index (χ2v) is 21.4. The van der Waals surface area contributed by atoms with Gasteiger partial charge < -0.3 is 49.6 Å². The minimum Gasteiger partial charge on any atom is -0.508 e. The molecule has 18 nitrogen and oxygen atoms in total. The Bertz CT molecular complexity index is 2100. The van der Waals surface area contributed by atoms with Gasteiger partial charge in [0.15, 0.2) is 11.6 Å². The standard InChI is InChI=1S/C58H92N6O12S/c1-10-14-15-19-54(68)59-24-28-72-29-30-73-31-32-74-33-34-76-58(71)60-39-52(67)43(8)35-45(36-44-20-22-46(65)23-21-44)61-55(69)48-40-77-56(62-48)53(75-27-12-3)38-50(41(5)6)64(25-11-2)57(70)47(42(7)13-4)37-51(66)49-18-16-17-26-63(49)9/h1,20-23,40-43,45,47,49-50,53,65H,11-19,24-39H2,2-9H3,(H,59,68)(H,60,71)(H,61,69)/t42-,43-,45+,47-,49+,50+,53+/m0/s1. The number of likely N-dealkylation sites (tertiary alicyclic amines) is 1. The summed E-state index contributed by atoms with van der Waals surface area (Å²) in [6.07, 6.45) is 12.0. The highest BCUT2D eigenvalue weighted by atomic mass is 32.1. The number of amides is 4. The van der Waals surface area contributed by atoms with E-state index in [4.69, 9.17) is 35.1 Å². The smallest absolute Gasteiger partial charge is 0.407 e. The summed E-state index contributed by atoms with van der Waals surface area (Å²) < 4.78 is 28.1. The molecule has 3 rings (SSSR count). The third-order valence-corrected chi connectivity index (χ3v) is 14.9. The number of hydrogen-bond donors (Lipinski definition) is 4. The maximum absolute atomic E-state index is 14.9. The van der Waals surface area contributed by atoms with Crippen molar-refractivity contribution in [3.63, 3.8) is 0 Å². The number of carbonyl (C=O) groups is 6. The maximum atomic E-state index is 14.9. The molecule has 0 aliphatic carbocycles. The van der Waals surface area contributed by atoms with Crippen molar-refractivity contribution in [1.82, 2.24) is 30.7 Å². The van der Waals surface area contributed by atoms with E-state index in [1.807, 2.05) is 18.9 Å². The summed E-state index contributed by atoms with van der Waals surface area (Å²) in [6, 6.07) is 5.74. The van der Waals surface area contributed by atoms with Gasteiger partial charge in [0, 0.05) is 74.7 Å². The lowest BCUT2D eigenvalue weighted by molar-refractivity contribution is -0.145. The van der Waals surface area contributed by atoms with Gasteiger partial charge in [-0.2, -0.15) is 0 Å². The maximum Gasteiger partial charge on any atom is 0.407 e. The lowest BCUT2D eigenvalue weighted by Crippen LogP contribution is -2.50. The van der Waals surface area contributed by atoms with Crippen LogP contribution in [0.5, 0.6) is 5.75 Å². The van der Waals surface area contributed by atoms with Gasteiger partial charge in [-0.25, -0.2) is 9.78 Å². The first-order chi connectivity index (χ1) is 37.0. The van der Waals surface area contributed by atoms with Crippen LogP contribution in [0.1, 0.15) is 153 Å². The number of aromatic hydroxyl groups is 1. The third-order valence-electron chi connectivity index (χ3n) is 14.0. The fraction of sp³-hybridized carbons (Fsp3) is 0.707. The number of ketones is 2. The van der Waals surface area contributed by atoms with Crippen LogP contribution in [-0.2, 0) is 49.3 Å². The molecule has 7 atom stereocenters. The number of terminal acetylenes is 1. The van der Waals surface area contributed by atoms with Crippen molar-refractivity contribution in [2.45, 2.75) is 156 Å². The predicted octanol–water partition coefficient (Wildman–Crippen LogP) is 7.71. The van der Waals surface area contributed by atoms with E-state index < -0.39 is 36.0 Å². The van der Waals surface area contributed by atoms with E-state index in [0.29, 0.717) is 83.2 Å². The number of benzene rings is 1. The summed E-state index contributed by atoms with van der Waals surface area (Å²) in [5.74, 6) is 1.07. The van der Waals surface area contributed by atoms with Gasteiger partial charge in [-0.05, 0) is 88.1 Å². The monoisotopic (exact) mass is 1100 g/mol. The summed E-state index contributed by atoms with van der Waals surface area (Å²) in [5, 5.41) is 20.7. The summed E-state index contributed by atoms with van der Waals surface area (Å²) in [5.41, 5.74) is 1.03. The van der Waals surface area contributed by atoms with Gasteiger partial charge in [0.1, 0.15) is 29.2 Å². The first-order valence-corrected chi connectivity index (χ1v) is 29.0. The molecule has 4 amide bonds. The molecule has 1 aromatic heterocycles. The number of piperidine rings is 1. The minimum absolute atomic E-state index is 0.00724. The Hall–Kier alpha value is -4.97. The van der Waals surface area contributed by atoms with Gasteiger partial charge in [0.25, 0.3) is 5.91 Å². The summed E-state index contributed by atoms with van der Waals surface area (Å²) in [6.45, 7) is 18.0. The average molecular weight is 1100 g/mol. The van der Waals surface area contributed by atoms with Crippen LogP contribution in [0.25, 0.3) is 0 Å². The highest BCUT2D eigenvalue weighted by Gasteiger charge is 2.38. The number of phenols is 1. The number of nitrogens with one attached hydrogen (secondary N) is 3. The van der Waals surface area contributed by atoms with Crippen LogP contribution >= 0.6 is 11.3 Å². The molecular weight excluding hydrogens is 1000 g/mol. The number of hydrogen-bond acceptors (Lipinski definition) is 15. The predicted molar refractivity (Wildman–Crippen MR) is 299 cm³/mol. The van der Waals surface area contributed by atoms with Crippen molar-refractivity contribution in [3.05, 3.63) is 45.9 Å². The normalized spacial score (nSPS) is 16.1. The molecule has 1 fully saturated rings. The number of carbonyl (C=O) groups excluding carboxylic acids is 6. The molecule has 77 heavy (non-hydrogen) atoms. The van der Waals surface area contributed by atoms with Crippen LogP contribution in [0.3, 0.4) is 0 Å². The number of likely N-dealkylation sites (N-methyl/N-ethyl adjacent to an activating group) is 1. The number of ether oxygens (including phenoxy) is 5. The largest absolute Gasteiger partial charge is 0.508 e. The van der Waals surface area contributed by atoms with E-state index in [2.05, 4.69) is 61.4 Å². The molecule has 0 spiro atoms. The summed E-state index contributed by atoms with van der Waals surface area (Å²) in [7, 11) is 2.01. The van der Waals surface area contributed by atoms with E-state index in [9.17, 15) is 33.9 Å². The quantitative estimate of drug-likeness (QED) is 0.0371. The highest BCUT2D eigenvalue weighted by molar-refractivity contribution is 7.09. The second-order valence-electron chi connectivity index (χ2n) is 20.5. The van der Waals surface area contributed by atoms with Crippen molar-refractivity contribution < 1.29 is 57.6 Å². The molecule has 0 bridgehead atoms. The lowest BCUT2D eigenvalue weighted by Gasteiger charge is -2.40. The zero-order valence-corrected chi connectivity index (χ0v) is 48.3. The lowest BCUT2D eigenvalue weighted by atomic mass is 9.82. The van der Waals surface area contributed by atoms with Crippen LogP contribution < -0.4 is 16.0 Å². The van der Waals surface area contributed by atoms with Gasteiger partial charge in [-0.3, -0.25) is 28.9 Å². The Morgan fingerprint density at radius 3 is 2.22 bits per heavy atom. The molecule has 1 aromatic carbocycles. The molecule has 1 aliphatic rings. The van der Waals surface area contributed by atoms with Crippen molar-refractivity contribution in [2.24, 2.45) is 23.7 Å². The molecule has 432 valence electrons. The first-order valence-electron chi connectivity index (χ1n) is 28.1. The number of Topliss-reactive ketones (excluding diaryl/α,β-unsaturated/α-hetero) is 2. The van der Waals surface area contributed by atoms with Crippen LogP contribution in [-0.4, -0.2) is 159 Å². The van der Waals surface area contributed by atoms with Crippen molar-refractivity contribution in [1.29, 1.82) is 0 Å². The second kappa shape index (κ2) is 37.8. The topological polar surface area (TPSA) is 224 Å². The number of phenolic OH excluding ortho intramolecular Hbond substituents is 1. The number of nitrogens with zero attached hydrogens (tertiary/aromatic N) is 3. The van der Waals surface area contributed by atoms with Crippen LogP contribution in [0.2, 0.25) is 0 Å². The Balaban J connectivity index is 1.59. The van der Waals surface area contributed by atoms with Crippen molar-refractivity contribution in [2.75, 3.05) is 86.1 Å². The zero-order chi connectivity index (χ0) is 56.5. The van der Waals surface area contributed by atoms with Crippen LogP contribution in [0, 0.1) is 36.0 Å². The van der Waals surface area contributed by atoms with E-state index >= 15 is 0 Å². The fourth-order valence-electron chi connectivity index (χ4n) is 9.31. The van der Waals surface area contributed by atoms with Crippen molar-refractivity contribution in [3.8, 4) is 18.1 Å². The van der Waals surface area contributed by atoms with Gasteiger partial charge in [-0.15, -0.1) is 23.7 Å².